The van der Waals surface area contributed by atoms with Gasteiger partial charge in [-0.1, -0.05) is 11.6 Å². The molecule has 0 aliphatic carbocycles. The maximum atomic E-state index is 12.4. The molecule has 0 radical (unpaired) electrons. The second-order valence-corrected chi connectivity index (χ2v) is 5.32. The van der Waals surface area contributed by atoms with E-state index in [4.69, 9.17) is 11.6 Å². The Balaban J connectivity index is 2.20. The SMILES string of the molecule is Cc1nn(C)cc1CN(C)C(=O)c1nn(C)c(C)c1Cl. The molecule has 7 heteroatoms. The first-order valence-electron chi connectivity index (χ1n) is 6.25. The topological polar surface area (TPSA) is 56.0 Å². The molecule has 0 saturated heterocycles. The molecule has 1 amide bonds. The molecule has 0 bridgehead atoms. The number of hydrogen-bond donors (Lipinski definition) is 0. The minimum Gasteiger partial charge on any atom is -0.336 e. The average Bonchev–Trinajstić information content (AvgIpc) is 2.82. The molecule has 0 atom stereocenters. The zero-order chi connectivity index (χ0) is 15.0. The van der Waals surface area contributed by atoms with Gasteiger partial charge in [-0.25, -0.2) is 0 Å². The average molecular weight is 296 g/mol. The van der Waals surface area contributed by atoms with Crippen LogP contribution in [-0.4, -0.2) is 37.4 Å². The van der Waals surface area contributed by atoms with E-state index >= 15 is 0 Å². The van der Waals surface area contributed by atoms with Crippen molar-refractivity contribution in [1.29, 1.82) is 0 Å². The van der Waals surface area contributed by atoms with E-state index in [1.807, 2.05) is 27.1 Å². The smallest absolute Gasteiger partial charge is 0.275 e. The molecule has 2 aromatic heterocycles. The highest BCUT2D eigenvalue weighted by Crippen LogP contribution is 2.21. The normalized spacial score (nSPS) is 10.9. The van der Waals surface area contributed by atoms with E-state index in [1.54, 1.807) is 28.4 Å². The van der Waals surface area contributed by atoms with Crippen LogP contribution < -0.4 is 0 Å². The molecule has 0 saturated carbocycles. The van der Waals surface area contributed by atoms with Crippen molar-refractivity contribution in [2.45, 2.75) is 20.4 Å². The number of nitrogens with zero attached hydrogens (tertiary/aromatic N) is 5. The van der Waals surface area contributed by atoms with Gasteiger partial charge in [0.2, 0.25) is 0 Å². The van der Waals surface area contributed by atoms with Crippen molar-refractivity contribution in [2.24, 2.45) is 14.1 Å². The van der Waals surface area contributed by atoms with Gasteiger partial charge in [0.1, 0.15) is 0 Å². The molecule has 0 unspecified atom stereocenters. The van der Waals surface area contributed by atoms with Crippen molar-refractivity contribution in [3.63, 3.8) is 0 Å². The largest absolute Gasteiger partial charge is 0.336 e. The molecule has 0 spiro atoms. The highest BCUT2D eigenvalue weighted by Gasteiger charge is 2.22. The summed E-state index contributed by atoms with van der Waals surface area (Å²) < 4.78 is 3.35. The summed E-state index contributed by atoms with van der Waals surface area (Å²) >= 11 is 6.14. The van der Waals surface area contributed by atoms with Crippen LogP contribution in [0.15, 0.2) is 6.20 Å². The summed E-state index contributed by atoms with van der Waals surface area (Å²) in [5, 5.41) is 8.85. The minimum atomic E-state index is -0.193. The Labute approximate surface area is 122 Å². The summed E-state index contributed by atoms with van der Waals surface area (Å²) in [6.07, 6.45) is 1.91. The van der Waals surface area contributed by atoms with Gasteiger partial charge in [-0.05, 0) is 13.8 Å². The van der Waals surface area contributed by atoms with E-state index in [9.17, 15) is 4.79 Å². The predicted octanol–water partition coefficient (Wildman–Crippen LogP) is 1.70. The first-order chi connectivity index (χ1) is 9.31. The molecule has 0 aliphatic heterocycles. The molecule has 0 fully saturated rings. The van der Waals surface area contributed by atoms with Crippen molar-refractivity contribution in [3.8, 4) is 0 Å². The van der Waals surface area contributed by atoms with E-state index in [-0.39, 0.29) is 11.6 Å². The summed E-state index contributed by atoms with van der Waals surface area (Å²) in [7, 11) is 5.36. The van der Waals surface area contributed by atoms with Gasteiger partial charge in [-0.15, -0.1) is 0 Å². The molecule has 0 aromatic carbocycles. The van der Waals surface area contributed by atoms with Crippen LogP contribution in [0.2, 0.25) is 5.02 Å². The Bertz CT molecular complexity index is 658. The molecular weight excluding hydrogens is 278 g/mol. The fourth-order valence-corrected chi connectivity index (χ4v) is 2.27. The van der Waals surface area contributed by atoms with Gasteiger partial charge in [0.15, 0.2) is 5.69 Å². The molecule has 2 heterocycles. The minimum absolute atomic E-state index is 0.193. The lowest BCUT2D eigenvalue weighted by Gasteiger charge is -2.15. The zero-order valence-corrected chi connectivity index (χ0v) is 13.1. The first kappa shape index (κ1) is 14.6. The van der Waals surface area contributed by atoms with Crippen LogP contribution in [0.1, 0.15) is 27.4 Å². The molecule has 2 aromatic rings. The van der Waals surface area contributed by atoms with Gasteiger partial charge in [0.25, 0.3) is 5.91 Å². The number of halogens is 1. The lowest BCUT2D eigenvalue weighted by Crippen LogP contribution is -2.27. The molecule has 20 heavy (non-hydrogen) atoms. The van der Waals surface area contributed by atoms with Crippen LogP contribution in [0.4, 0.5) is 0 Å². The van der Waals surface area contributed by atoms with Gasteiger partial charge in [-0.2, -0.15) is 10.2 Å². The molecule has 108 valence electrons. The van der Waals surface area contributed by atoms with Crippen molar-refractivity contribution in [1.82, 2.24) is 24.5 Å². The lowest BCUT2D eigenvalue weighted by molar-refractivity contribution is 0.0778. The van der Waals surface area contributed by atoms with Crippen LogP contribution >= 0.6 is 11.6 Å². The third-order valence-corrected chi connectivity index (χ3v) is 3.79. The first-order valence-corrected chi connectivity index (χ1v) is 6.62. The monoisotopic (exact) mass is 295 g/mol. The Hall–Kier alpha value is -1.82. The van der Waals surface area contributed by atoms with E-state index in [1.165, 1.54) is 0 Å². The molecule has 0 aliphatic rings. The fourth-order valence-electron chi connectivity index (χ4n) is 2.03. The number of aryl methyl sites for hydroxylation is 3. The number of carbonyl (C=O) groups is 1. The van der Waals surface area contributed by atoms with Gasteiger partial charge < -0.3 is 4.90 Å². The summed E-state index contributed by atoms with van der Waals surface area (Å²) in [5.74, 6) is -0.193. The van der Waals surface area contributed by atoms with Crippen molar-refractivity contribution >= 4 is 17.5 Å². The molecule has 0 N–H and O–H groups in total. The quantitative estimate of drug-likeness (QED) is 0.866. The van der Waals surface area contributed by atoms with Gasteiger partial charge in [0, 0.05) is 39.4 Å². The lowest BCUT2D eigenvalue weighted by atomic mass is 10.2. The predicted molar refractivity (Wildman–Crippen MR) is 76.7 cm³/mol. The standard InChI is InChI=1S/C13H18ClN5O/c1-8-10(7-18(4)15-8)6-17(3)13(20)12-11(14)9(2)19(5)16-12/h7H,6H2,1-5H3. The van der Waals surface area contributed by atoms with Crippen molar-refractivity contribution in [3.05, 3.63) is 33.9 Å². The van der Waals surface area contributed by atoms with Crippen LogP contribution in [0.25, 0.3) is 0 Å². The summed E-state index contributed by atoms with van der Waals surface area (Å²) in [5.41, 5.74) is 2.99. The Morgan fingerprint density at radius 1 is 1.35 bits per heavy atom. The molecule has 6 nitrogen and oxygen atoms in total. The molecular formula is C13H18ClN5O. The Morgan fingerprint density at radius 3 is 2.45 bits per heavy atom. The van der Waals surface area contributed by atoms with E-state index < -0.39 is 0 Å². The summed E-state index contributed by atoms with van der Waals surface area (Å²) in [6.45, 7) is 4.23. The highest BCUT2D eigenvalue weighted by molar-refractivity contribution is 6.34. The van der Waals surface area contributed by atoms with Crippen LogP contribution in [0.3, 0.4) is 0 Å². The fraction of sp³-hybridized carbons (Fsp3) is 0.462. The summed E-state index contributed by atoms with van der Waals surface area (Å²) in [6, 6.07) is 0. The second-order valence-electron chi connectivity index (χ2n) is 4.95. The maximum absolute atomic E-state index is 12.4. The van der Waals surface area contributed by atoms with E-state index in [2.05, 4.69) is 10.2 Å². The van der Waals surface area contributed by atoms with Crippen LogP contribution in [0, 0.1) is 13.8 Å². The number of aromatic nitrogens is 4. The number of hydrogen-bond acceptors (Lipinski definition) is 3. The zero-order valence-electron chi connectivity index (χ0n) is 12.3. The van der Waals surface area contributed by atoms with E-state index in [0.29, 0.717) is 11.6 Å². The number of carbonyl (C=O) groups excluding carboxylic acids is 1. The molecule has 2 rings (SSSR count). The Kier molecular flexibility index (Phi) is 3.85. The third-order valence-electron chi connectivity index (χ3n) is 3.33. The summed E-state index contributed by atoms with van der Waals surface area (Å²) in [4.78, 5) is 14.0. The second kappa shape index (κ2) is 5.28. The van der Waals surface area contributed by atoms with E-state index in [0.717, 1.165) is 17.0 Å². The van der Waals surface area contributed by atoms with Crippen LogP contribution in [-0.2, 0) is 20.6 Å². The Morgan fingerprint density at radius 2 is 2.00 bits per heavy atom. The van der Waals surface area contributed by atoms with Crippen molar-refractivity contribution < 1.29 is 4.79 Å². The van der Waals surface area contributed by atoms with Crippen molar-refractivity contribution in [2.75, 3.05) is 7.05 Å². The third kappa shape index (κ3) is 2.56. The van der Waals surface area contributed by atoms with Crippen LogP contribution in [0.5, 0.6) is 0 Å². The van der Waals surface area contributed by atoms with Gasteiger partial charge in [-0.3, -0.25) is 14.2 Å². The number of amides is 1. The maximum Gasteiger partial charge on any atom is 0.275 e. The number of rotatable bonds is 3. The van der Waals surface area contributed by atoms with Gasteiger partial charge >= 0.3 is 0 Å². The van der Waals surface area contributed by atoms with Gasteiger partial charge in [0.05, 0.1) is 16.4 Å². The highest BCUT2D eigenvalue weighted by atomic mass is 35.5.